The largest absolute Gasteiger partial charge is 0.509 e. The summed E-state index contributed by atoms with van der Waals surface area (Å²) in [7, 11) is 1.66. The fourth-order valence-electron chi connectivity index (χ4n) is 4.79. The maximum Gasteiger partial charge on any atom is 0.256 e. The Morgan fingerprint density at radius 1 is 1.18 bits per heavy atom. The first-order valence-electron chi connectivity index (χ1n) is 10.3. The lowest BCUT2D eigenvalue weighted by molar-refractivity contribution is -0.116. The quantitative estimate of drug-likeness (QED) is 0.726. The summed E-state index contributed by atoms with van der Waals surface area (Å²) in [5.41, 5.74) is 5.36. The highest BCUT2D eigenvalue weighted by molar-refractivity contribution is 6.24. The highest BCUT2D eigenvalue weighted by Crippen LogP contribution is 2.43. The van der Waals surface area contributed by atoms with Crippen molar-refractivity contribution in [3.05, 3.63) is 39.6 Å². The number of amides is 1. The van der Waals surface area contributed by atoms with E-state index in [0.29, 0.717) is 31.6 Å². The maximum atomic E-state index is 13.0. The summed E-state index contributed by atoms with van der Waals surface area (Å²) in [4.78, 5) is 13.0. The average molecular weight is 388 g/mol. The molecular weight excluding hydrogens is 354 g/mol. The summed E-state index contributed by atoms with van der Waals surface area (Å²) >= 11 is 0. The topological polar surface area (TPSA) is 67.8 Å². The molecule has 0 aromatic heterocycles. The number of nitrogens with one attached hydrogen (secondary N) is 1. The SMILES string of the molecule is CCc1c(C)c(C)cc(C)c1C1=C(O)C2(CCC(OCCOC)CC2)NC1=O. The van der Waals surface area contributed by atoms with Gasteiger partial charge < -0.3 is 19.9 Å². The van der Waals surface area contributed by atoms with Crippen LogP contribution in [0, 0.1) is 20.8 Å². The van der Waals surface area contributed by atoms with Crippen molar-refractivity contribution in [1.82, 2.24) is 5.32 Å². The minimum Gasteiger partial charge on any atom is -0.509 e. The highest BCUT2D eigenvalue weighted by Gasteiger charge is 2.48. The Morgan fingerprint density at radius 2 is 1.86 bits per heavy atom. The Bertz CT molecular complexity index is 788. The van der Waals surface area contributed by atoms with E-state index < -0.39 is 5.54 Å². The van der Waals surface area contributed by atoms with E-state index in [1.165, 1.54) is 11.1 Å². The summed E-state index contributed by atoms with van der Waals surface area (Å²) in [6.45, 7) is 9.49. The first kappa shape index (κ1) is 20.9. The average Bonchev–Trinajstić information content (AvgIpc) is 2.90. The van der Waals surface area contributed by atoms with Crippen LogP contribution in [0.4, 0.5) is 0 Å². The molecule has 1 heterocycles. The number of hydrogen-bond acceptors (Lipinski definition) is 4. The van der Waals surface area contributed by atoms with Crippen molar-refractivity contribution < 1.29 is 19.4 Å². The van der Waals surface area contributed by atoms with Gasteiger partial charge in [-0.2, -0.15) is 0 Å². The first-order chi connectivity index (χ1) is 13.3. The lowest BCUT2D eigenvalue weighted by Crippen LogP contribution is -2.48. The van der Waals surface area contributed by atoms with Crippen LogP contribution in [0.25, 0.3) is 5.57 Å². The molecule has 2 aliphatic rings. The van der Waals surface area contributed by atoms with E-state index in [9.17, 15) is 9.90 Å². The van der Waals surface area contributed by atoms with Gasteiger partial charge in [-0.05, 0) is 80.7 Å². The lowest BCUT2D eigenvalue weighted by Gasteiger charge is -2.37. The third kappa shape index (κ3) is 3.58. The van der Waals surface area contributed by atoms with Crippen LogP contribution in [0.1, 0.15) is 60.4 Å². The second-order valence-corrected chi connectivity index (χ2v) is 8.17. The molecule has 0 unspecified atom stereocenters. The molecule has 5 heteroatoms. The number of methoxy groups -OCH3 is 1. The summed E-state index contributed by atoms with van der Waals surface area (Å²) in [5.74, 6) is 0.0613. The molecule has 1 aliphatic heterocycles. The van der Waals surface area contributed by atoms with E-state index in [2.05, 4.69) is 32.2 Å². The summed E-state index contributed by atoms with van der Waals surface area (Å²) in [5, 5.41) is 14.4. The second-order valence-electron chi connectivity index (χ2n) is 8.17. The number of rotatable bonds is 6. The van der Waals surface area contributed by atoms with Crippen molar-refractivity contribution in [1.29, 1.82) is 0 Å². The molecule has 28 heavy (non-hydrogen) atoms. The van der Waals surface area contributed by atoms with Crippen molar-refractivity contribution in [3.8, 4) is 0 Å². The number of carbonyl (C=O) groups excluding carboxylic acids is 1. The molecule has 0 atom stereocenters. The number of aliphatic hydroxyl groups is 1. The van der Waals surface area contributed by atoms with E-state index in [1.54, 1.807) is 7.11 Å². The van der Waals surface area contributed by atoms with E-state index in [4.69, 9.17) is 9.47 Å². The Hall–Kier alpha value is -1.85. The molecule has 2 N–H and O–H groups in total. The molecule has 1 aliphatic carbocycles. The molecule has 3 rings (SSSR count). The predicted octanol–water partition coefficient (Wildman–Crippen LogP) is 3.92. The molecule has 0 bridgehead atoms. The smallest absolute Gasteiger partial charge is 0.256 e. The molecule has 1 fully saturated rings. The molecule has 0 saturated heterocycles. The number of hydrogen-bond donors (Lipinski definition) is 2. The zero-order valence-electron chi connectivity index (χ0n) is 17.8. The standard InChI is InChI=1S/C23H33NO4/c1-6-18-16(4)14(2)13-15(3)19(18)20-21(25)23(24-22(20)26)9-7-17(8-10-23)28-12-11-27-5/h13,17,25H,6-12H2,1-5H3,(H,24,26). The van der Waals surface area contributed by atoms with Crippen LogP contribution in [-0.2, 0) is 20.7 Å². The van der Waals surface area contributed by atoms with E-state index in [-0.39, 0.29) is 17.8 Å². The van der Waals surface area contributed by atoms with Crippen molar-refractivity contribution in [3.63, 3.8) is 0 Å². The molecular formula is C23H33NO4. The van der Waals surface area contributed by atoms with Gasteiger partial charge in [0.15, 0.2) is 0 Å². The van der Waals surface area contributed by atoms with E-state index >= 15 is 0 Å². The second kappa shape index (κ2) is 8.26. The highest BCUT2D eigenvalue weighted by atomic mass is 16.5. The molecule has 0 radical (unpaired) electrons. The van der Waals surface area contributed by atoms with Gasteiger partial charge in [-0.1, -0.05) is 13.0 Å². The summed E-state index contributed by atoms with van der Waals surface area (Å²) in [6.07, 6.45) is 4.00. The van der Waals surface area contributed by atoms with Gasteiger partial charge in [-0.25, -0.2) is 0 Å². The van der Waals surface area contributed by atoms with Crippen LogP contribution in [0.5, 0.6) is 0 Å². The van der Waals surface area contributed by atoms with Gasteiger partial charge in [0.2, 0.25) is 0 Å². The molecule has 154 valence electrons. The number of aryl methyl sites for hydroxylation is 2. The Kier molecular flexibility index (Phi) is 6.15. The molecule has 1 saturated carbocycles. The van der Waals surface area contributed by atoms with Gasteiger partial charge in [0.05, 0.1) is 30.4 Å². The van der Waals surface area contributed by atoms with Gasteiger partial charge in [-0.3, -0.25) is 4.79 Å². The zero-order chi connectivity index (χ0) is 20.5. The van der Waals surface area contributed by atoms with Gasteiger partial charge in [0.25, 0.3) is 5.91 Å². The third-order valence-electron chi connectivity index (χ3n) is 6.47. The van der Waals surface area contributed by atoms with Gasteiger partial charge in [0.1, 0.15) is 5.76 Å². The van der Waals surface area contributed by atoms with E-state index in [1.807, 2.05) is 6.92 Å². The van der Waals surface area contributed by atoms with Crippen molar-refractivity contribution in [2.45, 2.75) is 71.4 Å². The van der Waals surface area contributed by atoms with Crippen LogP contribution in [-0.4, -0.2) is 43.0 Å². The minimum atomic E-state index is -0.649. The Morgan fingerprint density at radius 3 is 2.46 bits per heavy atom. The monoisotopic (exact) mass is 387 g/mol. The molecule has 1 aromatic rings. The molecule has 5 nitrogen and oxygen atoms in total. The molecule has 1 amide bonds. The van der Waals surface area contributed by atoms with Crippen LogP contribution in [0.3, 0.4) is 0 Å². The predicted molar refractivity (Wildman–Crippen MR) is 111 cm³/mol. The normalized spacial score (nSPS) is 24.9. The van der Waals surface area contributed by atoms with Crippen molar-refractivity contribution in [2.75, 3.05) is 20.3 Å². The minimum absolute atomic E-state index is 0.155. The van der Waals surface area contributed by atoms with Crippen LogP contribution in [0.2, 0.25) is 0 Å². The Balaban J connectivity index is 1.91. The lowest BCUT2D eigenvalue weighted by atomic mass is 9.78. The first-order valence-corrected chi connectivity index (χ1v) is 10.3. The van der Waals surface area contributed by atoms with Crippen molar-refractivity contribution >= 4 is 11.5 Å². The fraction of sp³-hybridized carbons (Fsp3) is 0.609. The van der Waals surface area contributed by atoms with E-state index in [0.717, 1.165) is 36.0 Å². The summed E-state index contributed by atoms with van der Waals surface area (Å²) < 4.78 is 10.9. The molecule has 1 aromatic carbocycles. The summed E-state index contributed by atoms with van der Waals surface area (Å²) in [6, 6.07) is 2.11. The van der Waals surface area contributed by atoms with Gasteiger partial charge in [-0.15, -0.1) is 0 Å². The Labute approximate surface area is 168 Å². The molecule has 1 spiro atoms. The maximum absolute atomic E-state index is 13.0. The fourth-order valence-corrected chi connectivity index (χ4v) is 4.79. The van der Waals surface area contributed by atoms with Crippen LogP contribution in [0.15, 0.2) is 11.8 Å². The number of aliphatic hydroxyl groups excluding tert-OH is 1. The third-order valence-corrected chi connectivity index (χ3v) is 6.47. The zero-order valence-corrected chi connectivity index (χ0v) is 17.8. The van der Waals surface area contributed by atoms with Crippen molar-refractivity contribution in [2.24, 2.45) is 0 Å². The van der Waals surface area contributed by atoms with Crippen LogP contribution < -0.4 is 5.32 Å². The number of ether oxygens (including phenoxy) is 2. The van der Waals surface area contributed by atoms with Gasteiger partial charge >= 0.3 is 0 Å². The number of carbonyl (C=O) groups is 1. The van der Waals surface area contributed by atoms with Crippen LogP contribution >= 0.6 is 0 Å². The van der Waals surface area contributed by atoms with Gasteiger partial charge in [0, 0.05) is 7.11 Å². The number of benzene rings is 1.